The van der Waals surface area contributed by atoms with Crippen molar-refractivity contribution in [1.29, 1.82) is 0 Å². The summed E-state index contributed by atoms with van der Waals surface area (Å²) in [5, 5.41) is 3.11. The average Bonchev–Trinajstić information content (AvgIpc) is 2.86. The second-order valence-corrected chi connectivity index (χ2v) is 4.47. The van der Waals surface area contributed by atoms with Crippen LogP contribution in [-0.2, 0) is 14.3 Å². The van der Waals surface area contributed by atoms with Gasteiger partial charge in [0.1, 0.15) is 0 Å². The highest BCUT2D eigenvalue weighted by Gasteiger charge is 2.17. The second-order valence-electron chi connectivity index (χ2n) is 4.47. The van der Waals surface area contributed by atoms with Crippen LogP contribution in [0.1, 0.15) is 26.2 Å². The molecule has 0 aliphatic carbocycles. The Morgan fingerprint density at radius 2 is 2.00 bits per heavy atom. The number of likely N-dealkylation sites (tertiary alicyclic amines) is 1. The molecule has 1 fully saturated rings. The molecule has 1 aliphatic heterocycles. The van der Waals surface area contributed by atoms with E-state index in [0.717, 1.165) is 25.9 Å². The second kappa shape index (κ2) is 7.27. The molecule has 1 aliphatic rings. The molecular formula is C12H22N2O3. The van der Waals surface area contributed by atoms with Crippen molar-refractivity contribution in [3.05, 3.63) is 0 Å². The lowest BCUT2D eigenvalue weighted by atomic mass is 10.2. The molecule has 0 saturated carbocycles. The van der Waals surface area contributed by atoms with Crippen molar-refractivity contribution in [3.8, 4) is 0 Å². The van der Waals surface area contributed by atoms with Gasteiger partial charge >= 0.3 is 5.97 Å². The van der Waals surface area contributed by atoms with Crippen LogP contribution in [0.5, 0.6) is 0 Å². The Morgan fingerprint density at radius 3 is 2.59 bits per heavy atom. The zero-order valence-electron chi connectivity index (χ0n) is 10.7. The Hall–Kier alpha value is -1.10. The van der Waals surface area contributed by atoms with Gasteiger partial charge in [-0.1, -0.05) is 6.92 Å². The fraction of sp³-hybridized carbons (Fsp3) is 0.833. The third-order valence-electron chi connectivity index (χ3n) is 3.03. The molecule has 0 aromatic rings. The number of nitrogens with one attached hydrogen (secondary N) is 1. The number of esters is 1. The lowest BCUT2D eigenvalue weighted by Gasteiger charge is -2.15. The van der Waals surface area contributed by atoms with Crippen molar-refractivity contribution in [3.63, 3.8) is 0 Å². The number of methoxy groups -OCH3 is 1. The number of ether oxygens (including phenoxy) is 1. The summed E-state index contributed by atoms with van der Waals surface area (Å²) in [6.45, 7) is 4.78. The van der Waals surface area contributed by atoms with Gasteiger partial charge in [-0.05, 0) is 12.8 Å². The van der Waals surface area contributed by atoms with E-state index in [2.05, 4.69) is 10.1 Å². The highest BCUT2D eigenvalue weighted by molar-refractivity contribution is 5.76. The summed E-state index contributed by atoms with van der Waals surface area (Å²) >= 11 is 0. The predicted octanol–water partition coefficient (Wildman–Crippen LogP) is 0.398. The Labute approximate surface area is 102 Å². The van der Waals surface area contributed by atoms with Gasteiger partial charge < -0.3 is 15.0 Å². The predicted molar refractivity (Wildman–Crippen MR) is 64.5 cm³/mol. The first-order chi connectivity index (χ1) is 8.15. The molecule has 0 radical (unpaired) electrons. The first-order valence-electron chi connectivity index (χ1n) is 6.21. The fourth-order valence-corrected chi connectivity index (χ4v) is 1.92. The normalized spacial score (nSPS) is 16.9. The van der Waals surface area contributed by atoms with Gasteiger partial charge in [0.05, 0.1) is 13.0 Å². The Bertz CT molecular complexity index is 262. The van der Waals surface area contributed by atoms with Crippen LogP contribution in [0.25, 0.3) is 0 Å². The van der Waals surface area contributed by atoms with Gasteiger partial charge in [-0.15, -0.1) is 0 Å². The minimum Gasteiger partial charge on any atom is -0.469 e. The summed E-state index contributed by atoms with van der Waals surface area (Å²) in [4.78, 5) is 24.7. The lowest BCUT2D eigenvalue weighted by molar-refractivity contribution is -0.144. The molecule has 98 valence electrons. The van der Waals surface area contributed by atoms with Crippen molar-refractivity contribution in [2.45, 2.75) is 26.2 Å². The van der Waals surface area contributed by atoms with Gasteiger partial charge in [0, 0.05) is 32.6 Å². The SMILES string of the molecule is COC(=O)C(C)CNCCC(=O)N1CCCC1. The van der Waals surface area contributed by atoms with Crippen LogP contribution in [0.3, 0.4) is 0 Å². The Morgan fingerprint density at radius 1 is 1.35 bits per heavy atom. The molecule has 0 aromatic carbocycles. The van der Waals surface area contributed by atoms with Crippen LogP contribution in [0, 0.1) is 5.92 Å². The highest BCUT2D eigenvalue weighted by atomic mass is 16.5. The zero-order valence-corrected chi connectivity index (χ0v) is 10.7. The van der Waals surface area contributed by atoms with Crippen molar-refractivity contribution in [2.75, 3.05) is 33.3 Å². The minimum absolute atomic E-state index is 0.165. The molecular weight excluding hydrogens is 220 g/mol. The van der Waals surface area contributed by atoms with Crippen molar-refractivity contribution in [2.24, 2.45) is 5.92 Å². The van der Waals surface area contributed by atoms with Gasteiger partial charge in [0.2, 0.25) is 5.91 Å². The standard InChI is InChI=1S/C12H22N2O3/c1-10(12(16)17-2)9-13-6-5-11(15)14-7-3-4-8-14/h10,13H,3-9H2,1-2H3. The van der Waals surface area contributed by atoms with Crippen LogP contribution in [-0.4, -0.2) is 50.1 Å². The number of hydrogen-bond acceptors (Lipinski definition) is 4. The summed E-state index contributed by atoms with van der Waals surface area (Å²) in [5.41, 5.74) is 0. The number of hydrogen-bond donors (Lipinski definition) is 1. The van der Waals surface area contributed by atoms with E-state index in [1.165, 1.54) is 7.11 Å². The van der Waals surface area contributed by atoms with E-state index >= 15 is 0 Å². The largest absolute Gasteiger partial charge is 0.469 e. The monoisotopic (exact) mass is 242 g/mol. The third-order valence-corrected chi connectivity index (χ3v) is 3.03. The molecule has 0 aromatic heterocycles. The van der Waals surface area contributed by atoms with E-state index in [4.69, 9.17) is 0 Å². The first kappa shape index (κ1) is 14.0. The molecule has 17 heavy (non-hydrogen) atoms. The Balaban J connectivity index is 2.07. The third kappa shape index (κ3) is 4.73. The van der Waals surface area contributed by atoms with Gasteiger partial charge in [-0.3, -0.25) is 9.59 Å². The molecule has 1 saturated heterocycles. The number of carbonyl (C=O) groups excluding carboxylic acids is 2. The average molecular weight is 242 g/mol. The van der Waals surface area contributed by atoms with E-state index < -0.39 is 0 Å². The van der Waals surface area contributed by atoms with Crippen molar-refractivity contribution >= 4 is 11.9 Å². The number of rotatable bonds is 6. The van der Waals surface area contributed by atoms with Crippen molar-refractivity contribution in [1.82, 2.24) is 10.2 Å². The highest BCUT2D eigenvalue weighted by Crippen LogP contribution is 2.08. The van der Waals surface area contributed by atoms with Crippen LogP contribution >= 0.6 is 0 Å². The quantitative estimate of drug-likeness (QED) is 0.541. The van der Waals surface area contributed by atoms with E-state index in [1.54, 1.807) is 6.92 Å². The summed E-state index contributed by atoms with van der Waals surface area (Å²) < 4.78 is 4.62. The maximum Gasteiger partial charge on any atom is 0.309 e. The molecule has 1 N–H and O–H groups in total. The summed E-state index contributed by atoms with van der Waals surface area (Å²) in [6, 6.07) is 0. The van der Waals surface area contributed by atoms with Gasteiger partial charge in [0.15, 0.2) is 0 Å². The topological polar surface area (TPSA) is 58.6 Å². The molecule has 1 amide bonds. The number of amides is 1. The Kier molecular flexibility index (Phi) is 5.97. The molecule has 5 heteroatoms. The zero-order chi connectivity index (χ0) is 12.7. The van der Waals surface area contributed by atoms with Crippen LogP contribution in [0.4, 0.5) is 0 Å². The first-order valence-corrected chi connectivity index (χ1v) is 6.21. The van der Waals surface area contributed by atoms with E-state index in [1.807, 2.05) is 4.90 Å². The molecule has 0 bridgehead atoms. The molecule has 5 nitrogen and oxygen atoms in total. The van der Waals surface area contributed by atoms with Gasteiger partial charge in [-0.2, -0.15) is 0 Å². The minimum atomic E-state index is -0.219. The summed E-state index contributed by atoms with van der Waals surface area (Å²) in [5.74, 6) is -0.175. The smallest absolute Gasteiger partial charge is 0.309 e. The van der Waals surface area contributed by atoms with Crippen LogP contribution in [0.15, 0.2) is 0 Å². The molecule has 1 rings (SSSR count). The molecule has 1 atom stereocenters. The lowest BCUT2D eigenvalue weighted by Crippen LogP contribution is -2.33. The number of carbonyl (C=O) groups is 2. The maximum atomic E-state index is 11.7. The van der Waals surface area contributed by atoms with Crippen molar-refractivity contribution < 1.29 is 14.3 Å². The van der Waals surface area contributed by atoms with Gasteiger partial charge in [-0.25, -0.2) is 0 Å². The summed E-state index contributed by atoms with van der Waals surface area (Å²) in [6.07, 6.45) is 2.75. The summed E-state index contributed by atoms with van der Waals surface area (Å²) in [7, 11) is 1.38. The van der Waals surface area contributed by atoms with E-state index in [0.29, 0.717) is 19.5 Å². The molecule has 0 spiro atoms. The van der Waals surface area contributed by atoms with E-state index in [-0.39, 0.29) is 17.8 Å². The molecule has 1 heterocycles. The maximum absolute atomic E-state index is 11.7. The molecule has 1 unspecified atom stereocenters. The number of nitrogens with zero attached hydrogens (tertiary/aromatic N) is 1. The van der Waals surface area contributed by atoms with Crippen LogP contribution in [0.2, 0.25) is 0 Å². The fourth-order valence-electron chi connectivity index (χ4n) is 1.92. The van der Waals surface area contributed by atoms with E-state index in [9.17, 15) is 9.59 Å². The van der Waals surface area contributed by atoms with Crippen LogP contribution < -0.4 is 5.32 Å². The van der Waals surface area contributed by atoms with Gasteiger partial charge in [0.25, 0.3) is 0 Å².